The molecule has 2 aromatic rings. The highest BCUT2D eigenvalue weighted by molar-refractivity contribution is 7.89. The fourth-order valence-corrected chi connectivity index (χ4v) is 3.46. The van der Waals surface area contributed by atoms with Crippen LogP contribution < -0.4 is 0 Å². The first kappa shape index (κ1) is 12.3. The van der Waals surface area contributed by atoms with Crippen LogP contribution in [0.15, 0.2) is 65.6 Å². The molecule has 5 heteroatoms. The van der Waals surface area contributed by atoms with Crippen LogP contribution in [0, 0.1) is 0 Å². The Labute approximate surface area is 112 Å². The molecule has 1 fully saturated rings. The zero-order valence-electron chi connectivity index (χ0n) is 10.1. The van der Waals surface area contributed by atoms with Crippen LogP contribution in [-0.4, -0.2) is 19.5 Å². The van der Waals surface area contributed by atoms with E-state index in [0.29, 0.717) is 6.61 Å². The van der Waals surface area contributed by atoms with Crippen molar-refractivity contribution in [3.63, 3.8) is 0 Å². The number of nitrogens with zero attached hydrogens (tertiary/aromatic N) is 1. The second-order valence-electron chi connectivity index (χ2n) is 4.30. The SMILES string of the molecule is O=S(=O)(c1ccccc1)N1OCC1c1ccccc1. The summed E-state index contributed by atoms with van der Waals surface area (Å²) in [5, 5.41) is 0. The van der Waals surface area contributed by atoms with Crippen molar-refractivity contribution in [1.29, 1.82) is 0 Å². The van der Waals surface area contributed by atoms with E-state index in [9.17, 15) is 8.42 Å². The molecule has 19 heavy (non-hydrogen) atoms. The highest BCUT2D eigenvalue weighted by Gasteiger charge is 2.41. The molecule has 1 heterocycles. The zero-order chi connectivity index (χ0) is 13.3. The lowest BCUT2D eigenvalue weighted by Crippen LogP contribution is -2.46. The van der Waals surface area contributed by atoms with Crippen LogP contribution in [0.3, 0.4) is 0 Å². The van der Waals surface area contributed by atoms with Crippen molar-refractivity contribution in [3.05, 3.63) is 66.2 Å². The Morgan fingerprint density at radius 2 is 1.53 bits per heavy atom. The standard InChI is InChI=1S/C14H13NO3S/c16-19(17,13-9-5-2-6-10-13)15-14(11-18-15)12-7-3-1-4-8-12/h1-10,14H,11H2. The summed E-state index contributed by atoms with van der Waals surface area (Å²) in [5.74, 6) is 0. The predicted octanol–water partition coefficient (Wildman–Crippen LogP) is 2.36. The van der Waals surface area contributed by atoms with Crippen LogP contribution >= 0.6 is 0 Å². The molecule has 0 spiro atoms. The summed E-state index contributed by atoms with van der Waals surface area (Å²) in [6.45, 7) is 0.385. The van der Waals surface area contributed by atoms with Crippen molar-refractivity contribution in [2.45, 2.75) is 10.9 Å². The molecule has 0 radical (unpaired) electrons. The van der Waals surface area contributed by atoms with Gasteiger partial charge in [-0.1, -0.05) is 53.0 Å². The number of hydrogen-bond donors (Lipinski definition) is 0. The summed E-state index contributed by atoms with van der Waals surface area (Å²) in [5.41, 5.74) is 0.938. The number of rotatable bonds is 3. The third kappa shape index (κ3) is 2.16. The maximum atomic E-state index is 12.4. The molecule has 98 valence electrons. The minimum atomic E-state index is -3.59. The molecule has 0 amide bonds. The Bertz CT molecular complexity index is 656. The monoisotopic (exact) mass is 275 g/mol. The van der Waals surface area contributed by atoms with Gasteiger partial charge in [-0.05, 0) is 17.7 Å². The lowest BCUT2D eigenvalue weighted by atomic mass is 10.1. The highest BCUT2D eigenvalue weighted by atomic mass is 32.2. The summed E-state index contributed by atoms with van der Waals surface area (Å²) in [6, 6.07) is 17.6. The van der Waals surface area contributed by atoms with Gasteiger partial charge in [0.2, 0.25) is 0 Å². The van der Waals surface area contributed by atoms with E-state index in [1.54, 1.807) is 30.3 Å². The van der Waals surface area contributed by atoms with Crippen molar-refractivity contribution in [2.75, 3.05) is 6.61 Å². The van der Waals surface area contributed by atoms with Gasteiger partial charge in [0.1, 0.15) is 6.04 Å². The van der Waals surface area contributed by atoms with E-state index < -0.39 is 10.0 Å². The van der Waals surface area contributed by atoms with Gasteiger partial charge in [0.25, 0.3) is 10.0 Å². The normalized spacial score (nSPS) is 19.9. The molecule has 1 saturated heterocycles. The minimum Gasteiger partial charge on any atom is -0.281 e. The molecule has 3 rings (SSSR count). The second-order valence-corrected chi connectivity index (χ2v) is 6.08. The Hall–Kier alpha value is -1.69. The quantitative estimate of drug-likeness (QED) is 0.864. The van der Waals surface area contributed by atoms with Gasteiger partial charge >= 0.3 is 0 Å². The minimum absolute atomic E-state index is 0.244. The average Bonchev–Trinajstić information content (AvgIpc) is 2.39. The molecule has 2 aromatic carbocycles. The molecular formula is C14H13NO3S. The van der Waals surface area contributed by atoms with Gasteiger partial charge in [0.05, 0.1) is 11.5 Å². The molecule has 0 saturated carbocycles. The van der Waals surface area contributed by atoms with Gasteiger partial charge in [-0.15, -0.1) is 0 Å². The molecule has 0 bridgehead atoms. The first-order valence-corrected chi connectivity index (χ1v) is 7.41. The summed E-state index contributed by atoms with van der Waals surface area (Å²) in [7, 11) is -3.59. The summed E-state index contributed by atoms with van der Waals surface area (Å²) >= 11 is 0. The van der Waals surface area contributed by atoms with Crippen LogP contribution in [0.1, 0.15) is 11.6 Å². The molecule has 0 aliphatic carbocycles. The first-order valence-electron chi connectivity index (χ1n) is 5.97. The van der Waals surface area contributed by atoms with Crippen molar-refractivity contribution in [3.8, 4) is 0 Å². The largest absolute Gasteiger partial charge is 0.281 e. The van der Waals surface area contributed by atoms with E-state index in [-0.39, 0.29) is 10.9 Å². The Morgan fingerprint density at radius 3 is 2.05 bits per heavy atom. The molecule has 0 N–H and O–H groups in total. The van der Waals surface area contributed by atoms with Gasteiger partial charge in [0.15, 0.2) is 0 Å². The van der Waals surface area contributed by atoms with Crippen molar-refractivity contribution >= 4 is 10.0 Å². The number of hydrogen-bond acceptors (Lipinski definition) is 3. The van der Waals surface area contributed by atoms with E-state index in [2.05, 4.69) is 0 Å². The third-order valence-corrected chi connectivity index (χ3v) is 4.78. The molecule has 1 aliphatic heterocycles. The molecule has 4 nitrogen and oxygen atoms in total. The van der Waals surface area contributed by atoms with Crippen molar-refractivity contribution in [1.82, 2.24) is 4.47 Å². The van der Waals surface area contributed by atoms with Crippen LogP contribution in [0.25, 0.3) is 0 Å². The topological polar surface area (TPSA) is 46.6 Å². The fourth-order valence-electron chi connectivity index (χ4n) is 2.04. The second kappa shape index (κ2) is 4.77. The third-order valence-electron chi connectivity index (χ3n) is 3.08. The number of sulfonamides is 1. The van der Waals surface area contributed by atoms with Crippen molar-refractivity contribution < 1.29 is 13.3 Å². The van der Waals surface area contributed by atoms with Crippen LogP contribution in [0.4, 0.5) is 0 Å². The molecule has 0 aromatic heterocycles. The fraction of sp³-hybridized carbons (Fsp3) is 0.143. The van der Waals surface area contributed by atoms with Crippen LogP contribution in [-0.2, 0) is 14.9 Å². The van der Waals surface area contributed by atoms with Gasteiger partial charge in [-0.2, -0.15) is 0 Å². The highest BCUT2D eigenvalue weighted by Crippen LogP contribution is 2.35. The molecule has 1 atom stereocenters. The van der Waals surface area contributed by atoms with E-state index in [1.807, 2.05) is 30.3 Å². The zero-order valence-corrected chi connectivity index (χ0v) is 11.0. The smallest absolute Gasteiger partial charge is 0.265 e. The van der Waals surface area contributed by atoms with Crippen LogP contribution in [0.5, 0.6) is 0 Å². The van der Waals surface area contributed by atoms with Gasteiger partial charge in [-0.3, -0.25) is 4.84 Å². The van der Waals surface area contributed by atoms with E-state index in [4.69, 9.17) is 4.84 Å². The summed E-state index contributed by atoms with van der Waals surface area (Å²) in [6.07, 6.45) is 0. The number of hydroxylamine groups is 1. The first-order chi connectivity index (χ1) is 9.19. The summed E-state index contributed by atoms with van der Waals surface area (Å²) < 4.78 is 25.9. The maximum Gasteiger partial charge on any atom is 0.265 e. The average molecular weight is 275 g/mol. The Kier molecular flexibility index (Phi) is 3.10. The number of benzene rings is 2. The Morgan fingerprint density at radius 1 is 0.947 bits per heavy atom. The maximum absolute atomic E-state index is 12.4. The van der Waals surface area contributed by atoms with E-state index >= 15 is 0 Å². The Balaban J connectivity index is 1.92. The predicted molar refractivity (Wildman–Crippen MR) is 70.6 cm³/mol. The molecular weight excluding hydrogens is 262 g/mol. The van der Waals surface area contributed by atoms with Crippen LogP contribution in [0.2, 0.25) is 0 Å². The molecule has 1 unspecified atom stereocenters. The van der Waals surface area contributed by atoms with E-state index in [1.165, 1.54) is 0 Å². The molecule has 1 aliphatic rings. The lowest BCUT2D eigenvalue weighted by Gasteiger charge is -2.38. The van der Waals surface area contributed by atoms with Gasteiger partial charge in [-0.25, -0.2) is 8.42 Å². The summed E-state index contributed by atoms with van der Waals surface area (Å²) in [4.78, 5) is 5.41. The van der Waals surface area contributed by atoms with Gasteiger partial charge in [0, 0.05) is 0 Å². The van der Waals surface area contributed by atoms with Crippen molar-refractivity contribution in [2.24, 2.45) is 0 Å². The lowest BCUT2D eigenvalue weighted by molar-refractivity contribution is -0.225. The van der Waals surface area contributed by atoms with E-state index in [0.717, 1.165) is 10.0 Å². The van der Waals surface area contributed by atoms with Gasteiger partial charge < -0.3 is 0 Å².